The average molecular weight is 276 g/mol. The molecule has 1 unspecified atom stereocenters. The molecule has 0 heterocycles. The molecule has 0 bridgehead atoms. The summed E-state index contributed by atoms with van der Waals surface area (Å²) < 4.78 is 0. The number of amides is 1. The van der Waals surface area contributed by atoms with Gasteiger partial charge in [-0.05, 0) is 30.4 Å². The first-order valence-corrected chi connectivity index (χ1v) is 7.58. The first-order valence-electron chi connectivity index (χ1n) is 7.58. The Morgan fingerprint density at radius 2 is 1.70 bits per heavy atom. The summed E-state index contributed by atoms with van der Waals surface area (Å²) in [5, 5.41) is 3.07. The zero-order valence-corrected chi connectivity index (χ0v) is 13.0. The van der Waals surface area contributed by atoms with Crippen LogP contribution in [0.2, 0.25) is 0 Å². The van der Waals surface area contributed by atoms with E-state index in [2.05, 4.69) is 26.1 Å². The number of rotatable bonds is 8. The Morgan fingerprint density at radius 3 is 2.25 bits per heavy atom. The second-order valence-corrected chi connectivity index (χ2v) is 5.99. The number of hydrogen-bond donors (Lipinski definition) is 2. The van der Waals surface area contributed by atoms with Crippen molar-refractivity contribution in [2.75, 3.05) is 0 Å². The van der Waals surface area contributed by atoms with Gasteiger partial charge in [0.15, 0.2) is 0 Å². The Hall–Kier alpha value is -1.35. The minimum Gasteiger partial charge on any atom is -0.353 e. The molecule has 0 fully saturated rings. The van der Waals surface area contributed by atoms with E-state index in [0.717, 1.165) is 23.5 Å². The highest BCUT2D eigenvalue weighted by Crippen LogP contribution is 2.09. The fourth-order valence-electron chi connectivity index (χ4n) is 2.21. The van der Waals surface area contributed by atoms with Crippen LogP contribution >= 0.6 is 0 Å². The van der Waals surface area contributed by atoms with Gasteiger partial charge >= 0.3 is 0 Å². The third-order valence-corrected chi connectivity index (χ3v) is 3.45. The normalized spacial score (nSPS) is 12.4. The van der Waals surface area contributed by atoms with Crippen LogP contribution < -0.4 is 11.1 Å². The van der Waals surface area contributed by atoms with Gasteiger partial charge in [-0.2, -0.15) is 0 Å². The van der Waals surface area contributed by atoms with E-state index in [1.54, 1.807) is 0 Å². The Balaban J connectivity index is 2.31. The highest BCUT2D eigenvalue weighted by molar-refractivity contribution is 5.78. The van der Waals surface area contributed by atoms with Gasteiger partial charge < -0.3 is 11.1 Å². The smallest absolute Gasteiger partial charge is 0.224 e. The summed E-state index contributed by atoms with van der Waals surface area (Å²) in [6.45, 7) is 7.08. The SMILES string of the molecule is CC(C)CCCC(C)NC(=O)Cc1ccc(CN)cc1. The van der Waals surface area contributed by atoms with Gasteiger partial charge in [-0.3, -0.25) is 4.79 Å². The molecule has 20 heavy (non-hydrogen) atoms. The molecule has 0 radical (unpaired) electrons. The summed E-state index contributed by atoms with van der Waals surface area (Å²) >= 11 is 0. The summed E-state index contributed by atoms with van der Waals surface area (Å²) in [4.78, 5) is 11.9. The van der Waals surface area contributed by atoms with Gasteiger partial charge in [-0.1, -0.05) is 51.0 Å². The summed E-state index contributed by atoms with van der Waals surface area (Å²) in [5.74, 6) is 0.835. The number of carbonyl (C=O) groups is 1. The van der Waals surface area contributed by atoms with Gasteiger partial charge in [0, 0.05) is 12.6 Å². The van der Waals surface area contributed by atoms with Gasteiger partial charge in [-0.15, -0.1) is 0 Å². The molecular formula is C17H28N2O. The maximum atomic E-state index is 11.9. The Morgan fingerprint density at radius 1 is 1.10 bits per heavy atom. The van der Waals surface area contributed by atoms with Crippen LogP contribution in [0.3, 0.4) is 0 Å². The molecule has 1 atom stereocenters. The monoisotopic (exact) mass is 276 g/mol. The number of carbonyl (C=O) groups excluding carboxylic acids is 1. The van der Waals surface area contributed by atoms with E-state index < -0.39 is 0 Å². The maximum absolute atomic E-state index is 11.9. The lowest BCUT2D eigenvalue weighted by Gasteiger charge is -2.14. The molecular weight excluding hydrogens is 248 g/mol. The highest BCUT2D eigenvalue weighted by Gasteiger charge is 2.08. The number of benzene rings is 1. The number of nitrogens with two attached hydrogens (primary N) is 1. The average Bonchev–Trinajstić information content (AvgIpc) is 2.38. The molecule has 112 valence electrons. The van der Waals surface area contributed by atoms with Crippen LogP contribution in [0, 0.1) is 5.92 Å². The summed E-state index contributed by atoms with van der Waals surface area (Å²) in [6.07, 6.45) is 3.89. The van der Waals surface area contributed by atoms with Gasteiger partial charge in [-0.25, -0.2) is 0 Å². The zero-order valence-electron chi connectivity index (χ0n) is 13.0. The minimum absolute atomic E-state index is 0.0996. The van der Waals surface area contributed by atoms with Crippen molar-refractivity contribution in [3.63, 3.8) is 0 Å². The lowest BCUT2D eigenvalue weighted by molar-refractivity contribution is -0.121. The van der Waals surface area contributed by atoms with E-state index in [1.165, 1.54) is 12.8 Å². The van der Waals surface area contributed by atoms with Crippen molar-refractivity contribution in [3.05, 3.63) is 35.4 Å². The lowest BCUT2D eigenvalue weighted by Crippen LogP contribution is -2.33. The third-order valence-electron chi connectivity index (χ3n) is 3.45. The minimum atomic E-state index is 0.0996. The van der Waals surface area contributed by atoms with E-state index in [9.17, 15) is 4.79 Å². The van der Waals surface area contributed by atoms with Crippen LogP contribution in [0.15, 0.2) is 24.3 Å². The van der Waals surface area contributed by atoms with Crippen molar-refractivity contribution in [2.45, 2.75) is 59.0 Å². The highest BCUT2D eigenvalue weighted by atomic mass is 16.1. The zero-order chi connectivity index (χ0) is 15.0. The molecule has 1 amide bonds. The molecule has 1 rings (SSSR count). The predicted molar refractivity (Wildman–Crippen MR) is 84.3 cm³/mol. The molecule has 0 aliphatic heterocycles. The molecule has 0 saturated heterocycles. The van der Waals surface area contributed by atoms with Crippen LogP contribution in [0.1, 0.15) is 51.2 Å². The molecule has 0 aromatic heterocycles. The maximum Gasteiger partial charge on any atom is 0.224 e. The van der Waals surface area contributed by atoms with E-state index in [4.69, 9.17) is 5.73 Å². The second-order valence-electron chi connectivity index (χ2n) is 5.99. The molecule has 1 aromatic carbocycles. The fraction of sp³-hybridized carbons (Fsp3) is 0.588. The van der Waals surface area contributed by atoms with Crippen molar-refractivity contribution in [3.8, 4) is 0 Å². The first-order chi connectivity index (χ1) is 9.51. The van der Waals surface area contributed by atoms with Crippen molar-refractivity contribution in [2.24, 2.45) is 11.7 Å². The number of hydrogen-bond acceptors (Lipinski definition) is 2. The van der Waals surface area contributed by atoms with Crippen LogP contribution in [-0.4, -0.2) is 11.9 Å². The molecule has 0 spiro atoms. The van der Waals surface area contributed by atoms with Crippen molar-refractivity contribution in [1.29, 1.82) is 0 Å². The lowest BCUT2D eigenvalue weighted by atomic mass is 10.0. The van der Waals surface area contributed by atoms with Crippen LogP contribution in [-0.2, 0) is 17.8 Å². The van der Waals surface area contributed by atoms with E-state index in [1.807, 2.05) is 24.3 Å². The summed E-state index contributed by atoms with van der Waals surface area (Å²) in [6, 6.07) is 8.17. The standard InChI is InChI=1S/C17H28N2O/c1-13(2)5-4-6-14(3)19-17(20)11-15-7-9-16(12-18)10-8-15/h7-10,13-14H,4-6,11-12,18H2,1-3H3,(H,19,20). The van der Waals surface area contributed by atoms with Gasteiger partial charge in [0.25, 0.3) is 0 Å². The first kappa shape index (κ1) is 16.7. The van der Waals surface area contributed by atoms with E-state index >= 15 is 0 Å². The largest absolute Gasteiger partial charge is 0.353 e. The van der Waals surface area contributed by atoms with Crippen LogP contribution in [0.5, 0.6) is 0 Å². The quantitative estimate of drug-likeness (QED) is 0.767. The molecule has 3 N–H and O–H groups in total. The van der Waals surface area contributed by atoms with Crippen LogP contribution in [0.4, 0.5) is 0 Å². The van der Waals surface area contributed by atoms with Gasteiger partial charge in [0.05, 0.1) is 6.42 Å². The Labute approximate surface area is 122 Å². The van der Waals surface area contributed by atoms with Crippen molar-refractivity contribution < 1.29 is 4.79 Å². The Bertz CT molecular complexity index is 398. The molecule has 0 aliphatic carbocycles. The molecule has 0 aliphatic rings. The third kappa shape index (κ3) is 6.71. The summed E-state index contributed by atoms with van der Waals surface area (Å²) in [7, 11) is 0. The van der Waals surface area contributed by atoms with Crippen LogP contribution in [0.25, 0.3) is 0 Å². The van der Waals surface area contributed by atoms with E-state index in [0.29, 0.717) is 13.0 Å². The van der Waals surface area contributed by atoms with Gasteiger partial charge in [0.2, 0.25) is 5.91 Å². The molecule has 0 saturated carbocycles. The molecule has 3 nitrogen and oxygen atoms in total. The molecule has 1 aromatic rings. The molecule has 3 heteroatoms. The topological polar surface area (TPSA) is 55.1 Å². The Kier molecular flexibility index (Phi) is 7.31. The summed E-state index contributed by atoms with van der Waals surface area (Å²) in [5.41, 5.74) is 7.69. The van der Waals surface area contributed by atoms with Gasteiger partial charge in [0.1, 0.15) is 0 Å². The van der Waals surface area contributed by atoms with Crippen molar-refractivity contribution in [1.82, 2.24) is 5.32 Å². The van der Waals surface area contributed by atoms with E-state index in [-0.39, 0.29) is 11.9 Å². The fourth-order valence-corrected chi connectivity index (χ4v) is 2.21. The predicted octanol–water partition coefficient (Wildman–Crippen LogP) is 3.02. The second kappa shape index (κ2) is 8.75. The van der Waals surface area contributed by atoms with Crippen molar-refractivity contribution >= 4 is 5.91 Å². The number of nitrogens with one attached hydrogen (secondary N) is 1.